The standard InChI is InChI=1S/C19H38BrCl.H3N/c1-4-5-6-7-8-9-10-11-12-13-15-18(2)19(3,20)16-14-17-21;/h18H,4-17H2,1-3H3;1H3. The zero-order chi connectivity index (χ0) is 16.0. The Kier molecular flexibility index (Phi) is 18.8. The van der Waals surface area contributed by atoms with Crippen molar-refractivity contribution >= 4 is 27.5 Å². The smallest absolute Gasteiger partial charge is 0.0255 e. The van der Waals surface area contributed by atoms with Crippen LogP contribution in [0.5, 0.6) is 0 Å². The molecule has 0 radical (unpaired) electrons. The molecule has 0 rings (SSSR count). The number of unbranched alkanes of at least 4 members (excludes halogenated alkanes) is 9. The molecule has 22 heavy (non-hydrogen) atoms. The van der Waals surface area contributed by atoms with Crippen LogP contribution in [0.3, 0.4) is 0 Å². The van der Waals surface area contributed by atoms with Gasteiger partial charge in [-0.15, -0.1) is 11.6 Å². The van der Waals surface area contributed by atoms with Gasteiger partial charge in [0.05, 0.1) is 0 Å². The quantitative estimate of drug-likeness (QED) is 0.218. The van der Waals surface area contributed by atoms with E-state index in [-0.39, 0.29) is 10.5 Å². The van der Waals surface area contributed by atoms with Crippen molar-refractivity contribution in [2.24, 2.45) is 5.92 Å². The zero-order valence-corrected chi connectivity index (χ0v) is 17.8. The summed E-state index contributed by atoms with van der Waals surface area (Å²) in [5, 5.41) is 0. The van der Waals surface area contributed by atoms with Crippen LogP contribution in [-0.2, 0) is 0 Å². The monoisotopic (exact) mass is 397 g/mol. The summed E-state index contributed by atoms with van der Waals surface area (Å²) >= 11 is 9.72. The molecule has 136 valence electrons. The van der Waals surface area contributed by atoms with Gasteiger partial charge in [0.25, 0.3) is 0 Å². The Labute approximate surface area is 154 Å². The maximum atomic E-state index is 5.81. The molecule has 3 heteroatoms. The fourth-order valence-electron chi connectivity index (χ4n) is 2.90. The molecule has 0 fully saturated rings. The van der Waals surface area contributed by atoms with Crippen molar-refractivity contribution < 1.29 is 0 Å². The Hall–Kier alpha value is 0.730. The SMILES string of the molecule is CCCCCCCCCCCCC(C)C(C)(Br)CCCCl.N. The number of hydrogen-bond donors (Lipinski definition) is 1. The summed E-state index contributed by atoms with van der Waals surface area (Å²) in [6.07, 6.45) is 17.9. The van der Waals surface area contributed by atoms with Gasteiger partial charge in [0.2, 0.25) is 0 Å². The second-order valence-corrected chi connectivity index (χ2v) is 9.13. The van der Waals surface area contributed by atoms with Gasteiger partial charge >= 0.3 is 0 Å². The lowest BCUT2D eigenvalue weighted by Crippen LogP contribution is -2.25. The van der Waals surface area contributed by atoms with Crippen molar-refractivity contribution in [2.75, 3.05) is 5.88 Å². The third-order valence-electron chi connectivity index (χ3n) is 4.82. The number of hydrogen-bond acceptors (Lipinski definition) is 1. The van der Waals surface area contributed by atoms with E-state index in [9.17, 15) is 0 Å². The fourth-order valence-corrected chi connectivity index (χ4v) is 3.54. The van der Waals surface area contributed by atoms with Gasteiger partial charge in [0.15, 0.2) is 0 Å². The minimum atomic E-state index is 0. The lowest BCUT2D eigenvalue weighted by Gasteiger charge is -2.29. The van der Waals surface area contributed by atoms with Crippen LogP contribution in [0.15, 0.2) is 0 Å². The Morgan fingerprint density at radius 1 is 0.864 bits per heavy atom. The second kappa shape index (κ2) is 16.6. The first kappa shape index (κ1) is 25.0. The van der Waals surface area contributed by atoms with Crippen LogP contribution in [0, 0.1) is 5.92 Å². The van der Waals surface area contributed by atoms with E-state index < -0.39 is 0 Å². The minimum Gasteiger partial charge on any atom is -0.344 e. The molecule has 0 aromatic carbocycles. The first-order valence-corrected chi connectivity index (χ1v) is 10.6. The van der Waals surface area contributed by atoms with Crippen LogP contribution >= 0.6 is 27.5 Å². The summed E-state index contributed by atoms with van der Waals surface area (Å²) in [4.78, 5) is 0. The molecule has 2 unspecified atom stereocenters. The molecule has 2 atom stereocenters. The zero-order valence-electron chi connectivity index (χ0n) is 15.4. The summed E-state index contributed by atoms with van der Waals surface area (Å²) in [5.41, 5.74) is 0. The number of rotatable bonds is 15. The highest BCUT2D eigenvalue weighted by atomic mass is 79.9. The minimum absolute atomic E-state index is 0. The van der Waals surface area contributed by atoms with Crippen molar-refractivity contribution in [1.29, 1.82) is 0 Å². The topological polar surface area (TPSA) is 35.0 Å². The molecular formula is C19H41BrClN. The van der Waals surface area contributed by atoms with Crippen molar-refractivity contribution in [3.8, 4) is 0 Å². The van der Waals surface area contributed by atoms with Gasteiger partial charge in [-0.25, -0.2) is 0 Å². The molecule has 0 heterocycles. The van der Waals surface area contributed by atoms with Gasteiger partial charge in [0, 0.05) is 10.2 Å². The van der Waals surface area contributed by atoms with Crippen molar-refractivity contribution in [3.05, 3.63) is 0 Å². The Bertz CT molecular complexity index is 221. The molecule has 0 saturated carbocycles. The second-order valence-electron chi connectivity index (χ2n) is 6.94. The van der Waals surface area contributed by atoms with E-state index in [2.05, 4.69) is 36.7 Å². The average molecular weight is 399 g/mol. The first-order chi connectivity index (χ1) is 10.0. The molecule has 0 aromatic rings. The van der Waals surface area contributed by atoms with Crippen molar-refractivity contribution in [3.63, 3.8) is 0 Å². The van der Waals surface area contributed by atoms with E-state index in [0.717, 1.165) is 18.2 Å². The van der Waals surface area contributed by atoms with E-state index in [1.165, 1.54) is 77.0 Å². The van der Waals surface area contributed by atoms with Crippen LogP contribution in [0.2, 0.25) is 0 Å². The summed E-state index contributed by atoms with van der Waals surface area (Å²) in [7, 11) is 0. The Balaban J connectivity index is 0. The lowest BCUT2D eigenvalue weighted by atomic mass is 9.87. The molecule has 0 spiro atoms. The fraction of sp³-hybridized carbons (Fsp3) is 1.00. The van der Waals surface area contributed by atoms with E-state index in [1.807, 2.05) is 0 Å². The van der Waals surface area contributed by atoms with Gasteiger partial charge in [-0.1, -0.05) is 94.0 Å². The lowest BCUT2D eigenvalue weighted by molar-refractivity contribution is 0.374. The van der Waals surface area contributed by atoms with Gasteiger partial charge in [-0.3, -0.25) is 0 Å². The molecule has 1 nitrogen and oxygen atoms in total. The van der Waals surface area contributed by atoms with E-state index >= 15 is 0 Å². The molecule has 0 aliphatic rings. The normalized spacial score (nSPS) is 15.1. The number of alkyl halides is 2. The Morgan fingerprint density at radius 3 is 1.77 bits per heavy atom. The summed E-state index contributed by atoms with van der Waals surface area (Å²) in [6.45, 7) is 7.01. The van der Waals surface area contributed by atoms with E-state index in [0.29, 0.717) is 0 Å². The molecule has 0 saturated heterocycles. The summed E-state index contributed by atoms with van der Waals surface area (Å²) < 4.78 is 0.279. The van der Waals surface area contributed by atoms with E-state index in [1.54, 1.807) is 0 Å². The van der Waals surface area contributed by atoms with Crippen molar-refractivity contribution in [1.82, 2.24) is 6.15 Å². The first-order valence-electron chi connectivity index (χ1n) is 9.29. The predicted molar refractivity (Wildman–Crippen MR) is 108 cm³/mol. The maximum absolute atomic E-state index is 5.81. The van der Waals surface area contributed by atoms with Crippen LogP contribution in [-0.4, -0.2) is 10.2 Å². The molecule has 0 amide bonds. The molecule has 3 N–H and O–H groups in total. The molecule has 0 aliphatic carbocycles. The van der Waals surface area contributed by atoms with Gasteiger partial charge in [-0.2, -0.15) is 0 Å². The third-order valence-corrected chi connectivity index (χ3v) is 6.26. The van der Waals surface area contributed by atoms with Crippen molar-refractivity contribution in [2.45, 2.75) is 109 Å². The number of halogens is 2. The predicted octanol–water partition coefficient (Wildman–Crippen LogP) is 8.27. The third kappa shape index (κ3) is 14.3. The van der Waals surface area contributed by atoms with Gasteiger partial charge in [0.1, 0.15) is 0 Å². The maximum Gasteiger partial charge on any atom is 0.0255 e. The van der Waals surface area contributed by atoms with Crippen LogP contribution in [0.4, 0.5) is 0 Å². The summed E-state index contributed by atoms with van der Waals surface area (Å²) in [6, 6.07) is 0. The van der Waals surface area contributed by atoms with E-state index in [4.69, 9.17) is 11.6 Å². The molecule has 0 bridgehead atoms. The molecule has 0 aromatic heterocycles. The summed E-state index contributed by atoms with van der Waals surface area (Å²) in [5.74, 6) is 1.53. The average Bonchev–Trinajstić information content (AvgIpc) is 2.46. The largest absolute Gasteiger partial charge is 0.344 e. The van der Waals surface area contributed by atoms with Crippen LogP contribution in [0.1, 0.15) is 104 Å². The van der Waals surface area contributed by atoms with Gasteiger partial charge in [-0.05, 0) is 32.1 Å². The highest BCUT2D eigenvalue weighted by Gasteiger charge is 2.26. The Morgan fingerprint density at radius 2 is 1.32 bits per heavy atom. The highest BCUT2D eigenvalue weighted by Crippen LogP contribution is 2.35. The highest BCUT2D eigenvalue weighted by molar-refractivity contribution is 9.10. The van der Waals surface area contributed by atoms with Gasteiger partial charge < -0.3 is 6.15 Å². The van der Waals surface area contributed by atoms with Crippen LogP contribution < -0.4 is 6.15 Å². The van der Waals surface area contributed by atoms with Crippen LogP contribution in [0.25, 0.3) is 0 Å². The molecular weight excluding hydrogens is 358 g/mol. The molecule has 0 aliphatic heterocycles.